The monoisotopic (exact) mass is 404 g/mol. The van der Waals surface area contributed by atoms with E-state index in [0.717, 1.165) is 12.0 Å². The third-order valence-corrected chi connectivity index (χ3v) is 5.26. The van der Waals surface area contributed by atoms with Gasteiger partial charge in [0.2, 0.25) is 5.91 Å². The molecule has 1 aromatic carbocycles. The summed E-state index contributed by atoms with van der Waals surface area (Å²) in [6.45, 7) is 7.12. The maximum Gasteiger partial charge on any atom is 0.410 e. The highest BCUT2D eigenvalue weighted by atomic mass is 32.1. The van der Waals surface area contributed by atoms with E-state index in [0.29, 0.717) is 32.5 Å². The zero-order valence-corrected chi connectivity index (χ0v) is 17.5. The van der Waals surface area contributed by atoms with Crippen LogP contribution in [0.25, 0.3) is 0 Å². The van der Waals surface area contributed by atoms with Crippen molar-refractivity contribution in [1.29, 1.82) is 0 Å². The molecule has 7 heteroatoms. The summed E-state index contributed by atoms with van der Waals surface area (Å²) in [5.74, 6) is 0.0836. The lowest BCUT2D eigenvalue weighted by molar-refractivity contribution is -0.129. The standard InChI is InChI=1S/C21H28N2O4S/c1-21(2,3)27-19(25)22-10-9-16(13-22)12-18(24)23-17(14-26-20(23)28)11-15-7-5-4-6-8-15/h4-8,16-17H,9-14H2,1-3H3/t16-,17+/m1/s1. The minimum atomic E-state index is -0.519. The second-order valence-corrected chi connectivity index (χ2v) is 8.82. The highest BCUT2D eigenvalue weighted by molar-refractivity contribution is 7.80. The van der Waals surface area contributed by atoms with Gasteiger partial charge in [0, 0.05) is 19.5 Å². The zero-order chi connectivity index (χ0) is 20.3. The molecule has 6 nitrogen and oxygen atoms in total. The van der Waals surface area contributed by atoms with Gasteiger partial charge in [-0.25, -0.2) is 4.79 Å². The van der Waals surface area contributed by atoms with Gasteiger partial charge in [0.05, 0.1) is 6.04 Å². The van der Waals surface area contributed by atoms with Crippen LogP contribution in [0.5, 0.6) is 0 Å². The third kappa shape index (κ3) is 5.22. The summed E-state index contributed by atoms with van der Waals surface area (Å²) in [7, 11) is 0. The molecule has 0 radical (unpaired) electrons. The Hall–Kier alpha value is -2.15. The van der Waals surface area contributed by atoms with Crippen molar-refractivity contribution < 1.29 is 19.1 Å². The first kappa shape index (κ1) is 20.6. The van der Waals surface area contributed by atoms with Crippen molar-refractivity contribution in [3.05, 3.63) is 35.9 Å². The highest BCUT2D eigenvalue weighted by Crippen LogP contribution is 2.25. The third-order valence-electron chi connectivity index (χ3n) is 4.94. The molecule has 0 spiro atoms. The van der Waals surface area contributed by atoms with Crippen molar-refractivity contribution in [3.8, 4) is 0 Å². The van der Waals surface area contributed by atoms with E-state index in [2.05, 4.69) is 0 Å². The van der Waals surface area contributed by atoms with Crippen LogP contribution in [0.1, 0.15) is 39.2 Å². The minimum absolute atomic E-state index is 0.0283. The van der Waals surface area contributed by atoms with Crippen LogP contribution >= 0.6 is 12.2 Å². The second kappa shape index (κ2) is 8.47. The van der Waals surface area contributed by atoms with Crippen LogP contribution in [-0.4, -0.2) is 58.3 Å². The van der Waals surface area contributed by atoms with E-state index in [-0.39, 0.29) is 29.1 Å². The quantitative estimate of drug-likeness (QED) is 0.720. The number of likely N-dealkylation sites (tertiary alicyclic amines) is 1. The topological polar surface area (TPSA) is 59.1 Å². The van der Waals surface area contributed by atoms with E-state index in [1.807, 2.05) is 51.1 Å². The van der Waals surface area contributed by atoms with Gasteiger partial charge in [-0.3, -0.25) is 9.69 Å². The Morgan fingerprint density at radius 2 is 1.96 bits per heavy atom. The van der Waals surface area contributed by atoms with Crippen LogP contribution in [0.15, 0.2) is 30.3 Å². The fourth-order valence-corrected chi connectivity index (χ4v) is 3.96. The van der Waals surface area contributed by atoms with E-state index in [4.69, 9.17) is 21.7 Å². The molecule has 2 amide bonds. The molecule has 2 aliphatic rings. The molecular weight excluding hydrogens is 376 g/mol. The highest BCUT2D eigenvalue weighted by Gasteiger charge is 2.38. The molecule has 2 atom stereocenters. The van der Waals surface area contributed by atoms with Crippen LogP contribution in [-0.2, 0) is 20.7 Å². The first-order valence-corrected chi connectivity index (χ1v) is 10.1. The number of hydrogen-bond acceptors (Lipinski definition) is 5. The lowest BCUT2D eigenvalue weighted by atomic mass is 10.0. The van der Waals surface area contributed by atoms with Gasteiger partial charge in [0.1, 0.15) is 12.2 Å². The van der Waals surface area contributed by atoms with Gasteiger partial charge in [-0.15, -0.1) is 0 Å². The number of hydrogen-bond donors (Lipinski definition) is 0. The van der Waals surface area contributed by atoms with Gasteiger partial charge in [-0.2, -0.15) is 0 Å². The van der Waals surface area contributed by atoms with Crippen molar-refractivity contribution in [3.63, 3.8) is 0 Å². The van der Waals surface area contributed by atoms with E-state index in [9.17, 15) is 9.59 Å². The number of amides is 2. The molecule has 0 saturated carbocycles. The summed E-state index contributed by atoms with van der Waals surface area (Å²) in [4.78, 5) is 28.5. The Balaban J connectivity index is 1.56. The normalized spacial score (nSPS) is 22.3. The average molecular weight is 405 g/mol. The predicted octanol–water partition coefficient (Wildman–Crippen LogP) is 3.39. The summed E-state index contributed by atoms with van der Waals surface area (Å²) in [6.07, 6.45) is 1.54. The van der Waals surface area contributed by atoms with Crippen molar-refractivity contribution >= 4 is 29.4 Å². The van der Waals surface area contributed by atoms with Crippen LogP contribution in [0.2, 0.25) is 0 Å². The van der Waals surface area contributed by atoms with Gasteiger partial charge in [-0.1, -0.05) is 30.3 Å². The first-order chi connectivity index (χ1) is 13.2. The predicted molar refractivity (Wildman–Crippen MR) is 110 cm³/mol. The number of benzene rings is 1. The summed E-state index contributed by atoms with van der Waals surface area (Å²) < 4.78 is 10.9. The van der Waals surface area contributed by atoms with E-state index < -0.39 is 5.60 Å². The molecule has 0 aromatic heterocycles. The van der Waals surface area contributed by atoms with Crippen LogP contribution < -0.4 is 0 Å². The molecule has 3 rings (SSSR count). The van der Waals surface area contributed by atoms with Crippen molar-refractivity contribution in [2.45, 2.75) is 51.7 Å². The first-order valence-electron chi connectivity index (χ1n) is 9.73. The number of thiocarbonyl (C=S) groups is 1. The molecule has 0 aliphatic carbocycles. The number of ether oxygens (including phenoxy) is 2. The van der Waals surface area contributed by atoms with Gasteiger partial charge in [0.25, 0.3) is 5.17 Å². The molecule has 2 aliphatic heterocycles. The van der Waals surface area contributed by atoms with Crippen molar-refractivity contribution in [1.82, 2.24) is 9.80 Å². The van der Waals surface area contributed by atoms with E-state index in [1.54, 1.807) is 9.80 Å². The largest absolute Gasteiger partial charge is 0.468 e. The Morgan fingerprint density at radius 3 is 2.64 bits per heavy atom. The molecule has 0 bridgehead atoms. The molecule has 2 saturated heterocycles. The number of nitrogens with zero attached hydrogens (tertiary/aromatic N) is 2. The molecule has 152 valence electrons. The molecule has 1 aromatic rings. The number of carbonyl (C=O) groups excluding carboxylic acids is 2. The van der Waals surface area contributed by atoms with E-state index >= 15 is 0 Å². The fraction of sp³-hybridized carbons (Fsp3) is 0.571. The summed E-state index contributed by atoms with van der Waals surface area (Å²) >= 11 is 5.27. The Kier molecular flexibility index (Phi) is 6.23. The number of rotatable bonds is 4. The summed E-state index contributed by atoms with van der Waals surface area (Å²) in [5, 5.41) is 0.257. The lowest BCUT2D eigenvalue weighted by Crippen LogP contribution is -2.41. The second-order valence-electron chi connectivity index (χ2n) is 8.47. The molecule has 0 unspecified atom stereocenters. The van der Waals surface area contributed by atoms with Crippen LogP contribution in [0.3, 0.4) is 0 Å². The average Bonchev–Trinajstić information content (AvgIpc) is 3.21. The van der Waals surface area contributed by atoms with Crippen molar-refractivity contribution in [2.24, 2.45) is 5.92 Å². The molecule has 28 heavy (non-hydrogen) atoms. The fourth-order valence-electron chi connectivity index (χ4n) is 3.64. The van der Waals surface area contributed by atoms with Gasteiger partial charge < -0.3 is 14.4 Å². The maximum atomic E-state index is 12.9. The van der Waals surface area contributed by atoms with Gasteiger partial charge >= 0.3 is 6.09 Å². The Labute approximate surface area is 171 Å². The van der Waals surface area contributed by atoms with Crippen LogP contribution in [0, 0.1) is 5.92 Å². The maximum absolute atomic E-state index is 12.9. The zero-order valence-electron chi connectivity index (χ0n) is 16.7. The van der Waals surface area contributed by atoms with Gasteiger partial charge in [-0.05, 0) is 57.3 Å². The minimum Gasteiger partial charge on any atom is -0.468 e. The summed E-state index contributed by atoms with van der Waals surface area (Å²) in [6, 6.07) is 9.95. The SMILES string of the molecule is CC(C)(C)OC(=O)N1CC[C@H](CC(=O)N2C(=S)OC[C@@H]2Cc2ccccc2)C1. The van der Waals surface area contributed by atoms with Crippen LogP contribution in [0.4, 0.5) is 4.79 Å². The summed E-state index contributed by atoms with van der Waals surface area (Å²) in [5.41, 5.74) is 0.630. The van der Waals surface area contributed by atoms with Gasteiger partial charge in [0.15, 0.2) is 0 Å². The van der Waals surface area contributed by atoms with E-state index in [1.165, 1.54) is 0 Å². The number of carbonyl (C=O) groups is 2. The Morgan fingerprint density at radius 1 is 1.25 bits per heavy atom. The molecule has 0 N–H and O–H groups in total. The molecule has 2 heterocycles. The van der Waals surface area contributed by atoms with Crippen molar-refractivity contribution in [2.75, 3.05) is 19.7 Å². The smallest absolute Gasteiger partial charge is 0.410 e. The lowest BCUT2D eigenvalue weighted by Gasteiger charge is -2.25. The molecule has 2 fully saturated rings. The Bertz CT molecular complexity index is 732. The molecular formula is C21H28N2O4S.